The third kappa shape index (κ3) is 2.04. The van der Waals surface area contributed by atoms with Gasteiger partial charge in [-0.15, -0.1) is 0 Å². The molecule has 2 bridgehead atoms. The van der Waals surface area contributed by atoms with Crippen molar-refractivity contribution in [3.8, 4) is 0 Å². The summed E-state index contributed by atoms with van der Waals surface area (Å²) in [5.41, 5.74) is 0.539. The highest BCUT2D eigenvalue weighted by molar-refractivity contribution is 6.62. The van der Waals surface area contributed by atoms with Gasteiger partial charge in [0.1, 0.15) is 0 Å². The molecule has 108 valence electrons. The van der Waals surface area contributed by atoms with Gasteiger partial charge in [0, 0.05) is 25.4 Å². The van der Waals surface area contributed by atoms with E-state index in [1.807, 2.05) is 0 Å². The number of hydrogen-bond donors (Lipinski definition) is 0. The zero-order valence-corrected chi connectivity index (χ0v) is 13.3. The predicted molar refractivity (Wildman–Crippen MR) is 76.7 cm³/mol. The average molecular weight is 282 g/mol. The van der Waals surface area contributed by atoms with E-state index >= 15 is 0 Å². The van der Waals surface area contributed by atoms with Gasteiger partial charge in [-0.2, -0.15) is 0 Å². The lowest BCUT2D eigenvalue weighted by Crippen LogP contribution is -2.58. The topological polar surface area (TPSA) is 27.7 Å². The van der Waals surface area contributed by atoms with Crippen LogP contribution in [0.5, 0.6) is 0 Å². The number of fused-ring (bicyclic) bond motifs is 5. The van der Waals surface area contributed by atoms with Gasteiger partial charge < -0.3 is 13.3 Å². The fraction of sp³-hybridized carbons (Fsp3) is 0.867. The minimum Gasteiger partial charge on any atom is -0.374 e. The van der Waals surface area contributed by atoms with Gasteiger partial charge in [0.15, 0.2) is 0 Å². The lowest BCUT2D eigenvalue weighted by Gasteiger charge is -2.51. The van der Waals surface area contributed by atoms with Crippen LogP contribution in [0, 0.1) is 23.7 Å². The van der Waals surface area contributed by atoms with Crippen molar-refractivity contribution >= 4 is 8.80 Å². The Hall–Kier alpha value is -0.163. The quantitative estimate of drug-likeness (QED) is 0.530. The summed E-state index contributed by atoms with van der Waals surface area (Å²) in [7, 11) is -2.47. The molecule has 5 unspecified atom stereocenters. The first-order valence-electron chi connectivity index (χ1n) is 7.85. The molecule has 0 aromatic rings. The predicted octanol–water partition coefficient (Wildman–Crippen LogP) is 3.25. The normalized spacial score (nSPS) is 39.4. The fourth-order valence-corrected chi connectivity index (χ4v) is 8.20. The van der Waals surface area contributed by atoms with E-state index in [4.69, 9.17) is 13.3 Å². The minimum atomic E-state index is -2.47. The largest absolute Gasteiger partial charge is 0.504 e. The van der Waals surface area contributed by atoms with E-state index < -0.39 is 8.80 Å². The molecule has 0 aliphatic heterocycles. The molecule has 3 aliphatic carbocycles. The van der Waals surface area contributed by atoms with Crippen LogP contribution in [0.1, 0.15) is 33.6 Å². The van der Waals surface area contributed by atoms with Crippen molar-refractivity contribution in [1.29, 1.82) is 0 Å². The highest BCUT2D eigenvalue weighted by Gasteiger charge is 2.65. The first kappa shape index (κ1) is 13.8. The van der Waals surface area contributed by atoms with Gasteiger partial charge in [-0.25, -0.2) is 0 Å². The van der Waals surface area contributed by atoms with Crippen molar-refractivity contribution in [3.05, 3.63) is 12.2 Å². The Morgan fingerprint density at radius 3 is 2.00 bits per heavy atom. The van der Waals surface area contributed by atoms with Crippen LogP contribution in [0.2, 0.25) is 5.54 Å². The molecule has 0 saturated heterocycles. The maximum absolute atomic E-state index is 6.10. The van der Waals surface area contributed by atoms with Crippen molar-refractivity contribution in [3.63, 3.8) is 0 Å². The van der Waals surface area contributed by atoms with E-state index in [1.165, 1.54) is 12.8 Å². The lowest BCUT2D eigenvalue weighted by molar-refractivity contribution is 0.0153. The molecule has 19 heavy (non-hydrogen) atoms. The second kappa shape index (κ2) is 5.32. The molecule has 4 heteroatoms. The van der Waals surface area contributed by atoms with Crippen molar-refractivity contribution in [1.82, 2.24) is 0 Å². The van der Waals surface area contributed by atoms with Crippen molar-refractivity contribution in [2.24, 2.45) is 23.7 Å². The minimum absolute atomic E-state index is 0.539. The Morgan fingerprint density at radius 1 is 0.895 bits per heavy atom. The Labute approximate surface area is 117 Å². The van der Waals surface area contributed by atoms with Gasteiger partial charge in [-0.1, -0.05) is 12.2 Å². The molecular formula is C15H26O3Si. The second-order valence-electron chi connectivity index (χ2n) is 5.93. The van der Waals surface area contributed by atoms with Gasteiger partial charge in [0.05, 0.1) is 0 Å². The highest BCUT2D eigenvalue weighted by Crippen LogP contribution is 2.66. The Kier molecular flexibility index (Phi) is 3.86. The first-order chi connectivity index (χ1) is 9.25. The summed E-state index contributed by atoms with van der Waals surface area (Å²) in [5.74, 6) is 3.25. The molecule has 5 atom stereocenters. The van der Waals surface area contributed by atoms with Crippen LogP contribution in [0.4, 0.5) is 0 Å². The van der Waals surface area contributed by atoms with Crippen LogP contribution in [0.15, 0.2) is 12.2 Å². The van der Waals surface area contributed by atoms with Crippen LogP contribution >= 0.6 is 0 Å². The van der Waals surface area contributed by atoms with E-state index in [9.17, 15) is 0 Å². The van der Waals surface area contributed by atoms with Gasteiger partial charge in [0.2, 0.25) is 0 Å². The SMILES string of the molecule is CCO[Si](OCC)(OCC)C1CC2C3C=CC(C3)C21. The van der Waals surface area contributed by atoms with Crippen LogP contribution < -0.4 is 0 Å². The Balaban J connectivity index is 1.78. The molecule has 0 aromatic carbocycles. The first-order valence-corrected chi connectivity index (χ1v) is 9.66. The molecular weight excluding hydrogens is 256 g/mol. The number of rotatable bonds is 7. The molecule has 0 spiro atoms. The van der Waals surface area contributed by atoms with Gasteiger partial charge >= 0.3 is 8.80 Å². The fourth-order valence-electron chi connectivity index (χ4n) is 4.58. The number of hydrogen-bond acceptors (Lipinski definition) is 3. The molecule has 3 nitrogen and oxygen atoms in total. The molecule has 0 radical (unpaired) electrons. The zero-order chi connectivity index (χ0) is 13.5. The van der Waals surface area contributed by atoms with Crippen LogP contribution in [-0.2, 0) is 13.3 Å². The van der Waals surface area contributed by atoms with Crippen molar-refractivity contribution < 1.29 is 13.3 Å². The molecule has 0 amide bonds. The summed E-state index contributed by atoms with van der Waals surface area (Å²) >= 11 is 0. The molecule has 0 N–H and O–H groups in total. The molecule has 2 fully saturated rings. The Bertz CT molecular complexity index is 340. The van der Waals surface area contributed by atoms with Crippen LogP contribution in [0.25, 0.3) is 0 Å². The summed E-state index contributed by atoms with van der Waals surface area (Å²) < 4.78 is 18.3. The van der Waals surface area contributed by atoms with E-state index in [0.29, 0.717) is 25.4 Å². The summed E-state index contributed by atoms with van der Waals surface area (Å²) in [6, 6.07) is 0. The van der Waals surface area contributed by atoms with Gasteiger partial charge in [-0.05, 0) is 57.3 Å². The summed E-state index contributed by atoms with van der Waals surface area (Å²) in [6.45, 7) is 8.25. The summed E-state index contributed by atoms with van der Waals surface area (Å²) in [4.78, 5) is 0. The van der Waals surface area contributed by atoms with Gasteiger partial charge in [0.25, 0.3) is 0 Å². The summed E-state index contributed by atoms with van der Waals surface area (Å²) in [6.07, 6.45) is 7.48. The molecule has 2 saturated carbocycles. The van der Waals surface area contributed by atoms with E-state index in [0.717, 1.165) is 23.7 Å². The van der Waals surface area contributed by atoms with E-state index in [1.54, 1.807) is 0 Å². The lowest BCUT2D eigenvalue weighted by atomic mass is 9.67. The maximum Gasteiger partial charge on any atom is 0.504 e. The second-order valence-corrected chi connectivity index (χ2v) is 8.75. The molecule has 3 rings (SSSR count). The smallest absolute Gasteiger partial charge is 0.374 e. The highest BCUT2D eigenvalue weighted by atomic mass is 28.4. The third-order valence-electron chi connectivity index (χ3n) is 5.17. The standard InChI is InChI=1S/C15H26O3Si/c1-4-16-19(17-5-2,18-6-3)14-10-13-11-7-8-12(9-11)15(13)14/h7-8,11-15H,4-6,9-10H2,1-3H3. The monoisotopic (exact) mass is 282 g/mol. The molecule has 0 heterocycles. The van der Waals surface area contributed by atoms with Crippen molar-refractivity contribution in [2.45, 2.75) is 39.2 Å². The van der Waals surface area contributed by atoms with Crippen LogP contribution in [0.3, 0.4) is 0 Å². The Morgan fingerprint density at radius 2 is 1.47 bits per heavy atom. The van der Waals surface area contributed by atoms with Crippen LogP contribution in [-0.4, -0.2) is 28.6 Å². The number of allylic oxidation sites excluding steroid dienone is 2. The third-order valence-corrected chi connectivity index (χ3v) is 8.77. The van der Waals surface area contributed by atoms with Crippen molar-refractivity contribution in [2.75, 3.05) is 19.8 Å². The average Bonchev–Trinajstić information content (AvgIpc) is 2.86. The molecule has 0 aromatic heterocycles. The van der Waals surface area contributed by atoms with E-state index in [-0.39, 0.29) is 0 Å². The van der Waals surface area contributed by atoms with Gasteiger partial charge in [-0.3, -0.25) is 0 Å². The molecule has 3 aliphatic rings. The maximum atomic E-state index is 6.10. The summed E-state index contributed by atoms with van der Waals surface area (Å²) in [5, 5.41) is 0. The zero-order valence-electron chi connectivity index (χ0n) is 12.3. The van der Waals surface area contributed by atoms with E-state index in [2.05, 4.69) is 32.9 Å².